The number of rotatable bonds is 46. The summed E-state index contributed by atoms with van der Waals surface area (Å²) in [5, 5.41) is 72.3. The van der Waals surface area contributed by atoms with Crippen molar-refractivity contribution in [2.24, 2.45) is 0 Å². The van der Waals surface area contributed by atoms with Gasteiger partial charge in [0.15, 0.2) is 12.6 Å². The molecule has 2 fully saturated rings. The van der Waals surface area contributed by atoms with Crippen LogP contribution >= 0.6 is 0 Å². The molecule has 424 valence electrons. The van der Waals surface area contributed by atoms with E-state index in [0.717, 1.165) is 70.6 Å². The van der Waals surface area contributed by atoms with Gasteiger partial charge in [0.2, 0.25) is 0 Å². The SMILES string of the molecule is CCCCC/C=C\C/C=C\CCCCCCCCCC(=O)OC(COCCCCCCCCC/C=C\C/C=C\C/C=C\CCCCCCC)COC1OC(COC2OC(CO)C(O)C(O)C2O)C(O)C(O)C1O. The number of carbonyl (C=O) groups is 1. The molecule has 14 nitrogen and oxygen atoms in total. The topological polar surface area (TPSA) is 214 Å². The van der Waals surface area contributed by atoms with Crippen LogP contribution in [0.2, 0.25) is 0 Å². The Morgan fingerprint density at radius 1 is 0.452 bits per heavy atom. The first-order valence-electron chi connectivity index (χ1n) is 28.9. The number of aliphatic hydroxyl groups excluding tert-OH is 7. The molecule has 11 atom stereocenters. The maximum atomic E-state index is 13.1. The lowest BCUT2D eigenvalue weighted by molar-refractivity contribution is -0.332. The van der Waals surface area contributed by atoms with Crippen LogP contribution in [-0.2, 0) is 33.2 Å². The molecular weight excluding hydrogens is 933 g/mol. The van der Waals surface area contributed by atoms with Crippen molar-refractivity contribution < 1.29 is 69.0 Å². The van der Waals surface area contributed by atoms with Gasteiger partial charge in [0.25, 0.3) is 0 Å². The minimum absolute atomic E-state index is 0.0495. The molecule has 0 saturated carbocycles. The second kappa shape index (κ2) is 45.8. The van der Waals surface area contributed by atoms with Gasteiger partial charge in [0, 0.05) is 13.0 Å². The van der Waals surface area contributed by atoms with Crippen LogP contribution in [0.1, 0.15) is 206 Å². The zero-order valence-corrected chi connectivity index (χ0v) is 45.4. The summed E-state index contributed by atoms with van der Waals surface area (Å²) in [5.41, 5.74) is 0. The Balaban J connectivity index is 1.73. The molecule has 73 heavy (non-hydrogen) atoms. The lowest BCUT2D eigenvalue weighted by Gasteiger charge is -2.42. The molecule has 0 aliphatic carbocycles. The molecule has 0 aromatic rings. The van der Waals surface area contributed by atoms with Gasteiger partial charge in [-0.1, -0.05) is 177 Å². The lowest BCUT2D eigenvalue weighted by atomic mass is 9.98. The number of hydrogen-bond donors (Lipinski definition) is 7. The summed E-state index contributed by atoms with van der Waals surface area (Å²) in [6.45, 7) is 3.62. The standard InChI is InChI=1S/C59H104O14/c1-3-5-7-9-11-13-15-17-19-21-22-23-24-25-27-29-31-33-35-37-39-41-43-68-45-48(71-51(61)42-40-38-36-34-32-30-28-26-20-18-16-14-12-10-8-6-4-2)46-69-58-57(67)55(65)53(63)50(73-58)47-70-59-56(66)54(64)52(62)49(44-60)72-59/h12,14-15,17-18,20-22,24-25,48-50,52-60,62-67H,3-11,13,16,19,23,26-47H2,1-2H3/b14-12-,17-15-,20-18-,22-21-,25-24-. The first-order valence-corrected chi connectivity index (χ1v) is 28.9. The molecule has 0 aromatic heterocycles. The average Bonchev–Trinajstić information content (AvgIpc) is 3.39. The Morgan fingerprint density at radius 3 is 1.36 bits per heavy atom. The quantitative estimate of drug-likeness (QED) is 0.0172. The van der Waals surface area contributed by atoms with E-state index in [1.807, 2.05) is 0 Å². The molecular formula is C59H104O14. The van der Waals surface area contributed by atoms with Crippen LogP contribution < -0.4 is 0 Å². The van der Waals surface area contributed by atoms with Crippen molar-refractivity contribution in [3.05, 3.63) is 60.8 Å². The highest BCUT2D eigenvalue weighted by Crippen LogP contribution is 2.26. The van der Waals surface area contributed by atoms with Crippen LogP contribution in [0.15, 0.2) is 60.8 Å². The molecule has 2 saturated heterocycles. The zero-order valence-electron chi connectivity index (χ0n) is 45.4. The van der Waals surface area contributed by atoms with Crippen LogP contribution in [-0.4, -0.2) is 142 Å². The second-order valence-electron chi connectivity index (χ2n) is 20.1. The number of esters is 1. The Hall–Kier alpha value is -2.31. The Morgan fingerprint density at radius 2 is 0.849 bits per heavy atom. The van der Waals surface area contributed by atoms with E-state index >= 15 is 0 Å². The van der Waals surface area contributed by atoms with Crippen molar-refractivity contribution in [1.82, 2.24) is 0 Å². The third-order valence-corrected chi connectivity index (χ3v) is 13.5. The van der Waals surface area contributed by atoms with Gasteiger partial charge in [-0.05, 0) is 83.5 Å². The van der Waals surface area contributed by atoms with Crippen molar-refractivity contribution in [3.8, 4) is 0 Å². The van der Waals surface area contributed by atoms with E-state index < -0.39 is 80.7 Å². The van der Waals surface area contributed by atoms with Gasteiger partial charge in [0.1, 0.15) is 54.9 Å². The van der Waals surface area contributed by atoms with Gasteiger partial charge in [-0.15, -0.1) is 0 Å². The summed E-state index contributed by atoms with van der Waals surface area (Å²) in [6, 6.07) is 0. The third-order valence-electron chi connectivity index (χ3n) is 13.5. The van der Waals surface area contributed by atoms with Gasteiger partial charge < -0.3 is 64.2 Å². The van der Waals surface area contributed by atoms with Crippen molar-refractivity contribution in [2.45, 2.75) is 274 Å². The minimum Gasteiger partial charge on any atom is -0.457 e. The van der Waals surface area contributed by atoms with Crippen LogP contribution in [0.25, 0.3) is 0 Å². The van der Waals surface area contributed by atoms with Crippen molar-refractivity contribution >= 4 is 5.97 Å². The largest absolute Gasteiger partial charge is 0.457 e. The van der Waals surface area contributed by atoms with Gasteiger partial charge in [0.05, 0.1) is 26.4 Å². The highest BCUT2D eigenvalue weighted by molar-refractivity contribution is 5.69. The maximum Gasteiger partial charge on any atom is 0.306 e. The number of unbranched alkanes of at least 4 members (excludes halogenated alkanes) is 22. The van der Waals surface area contributed by atoms with Gasteiger partial charge in [-0.2, -0.15) is 0 Å². The maximum absolute atomic E-state index is 13.1. The minimum atomic E-state index is -1.71. The van der Waals surface area contributed by atoms with E-state index in [4.69, 9.17) is 28.4 Å². The molecule has 2 aliphatic heterocycles. The molecule has 2 aliphatic rings. The first kappa shape index (κ1) is 66.8. The van der Waals surface area contributed by atoms with Gasteiger partial charge in [-0.3, -0.25) is 4.79 Å². The molecule has 0 bridgehead atoms. The zero-order chi connectivity index (χ0) is 53.0. The molecule has 0 amide bonds. The fourth-order valence-corrected chi connectivity index (χ4v) is 8.79. The summed E-state index contributed by atoms with van der Waals surface area (Å²) >= 11 is 0. The summed E-state index contributed by atoms with van der Waals surface area (Å²) in [6.07, 6.45) is 39.9. The highest BCUT2D eigenvalue weighted by Gasteiger charge is 2.47. The van der Waals surface area contributed by atoms with Crippen molar-refractivity contribution in [2.75, 3.05) is 33.0 Å². The highest BCUT2D eigenvalue weighted by atomic mass is 16.7. The van der Waals surface area contributed by atoms with E-state index in [2.05, 4.69) is 74.6 Å². The summed E-state index contributed by atoms with van der Waals surface area (Å²) in [5.74, 6) is -0.388. The summed E-state index contributed by atoms with van der Waals surface area (Å²) in [7, 11) is 0. The fourth-order valence-electron chi connectivity index (χ4n) is 8.79. The van der Waals surface area contributed by atoms with Crippen LogP contribution in [0.4, 0.5) is 0 Å². The van der Waals surface area contributed by atoms with Crippen LogP contribution in [0.5, 0.6) is 0 Å². The van der Waals surface area contributed by atoms with Crippen LogP contribution in [0.3, 0.4) is 0 Å². The second-order valence-corrected chi connectivity index (χ2v) is 20.1. The number of carbonyl (C=O) groups excluding carboxylic acids is 1. The lowest BCUT2D eigenvalue weighted by Crippen LogP contribution is -2.61. The predicted molar refractivity (Wildman–Crippen MR) is 289 cm³/mol. The molecule has 0 radical (unpaired) electrons. The van der Waals surface area contributed by atoms with Gasteiger partial charge >= 0.3 is 5.97 Å². The number of hydrogen-bond acceptors (Lipinski definition) is 14. The number of allylic oxidation sites excluding steroid dienone is 10. The van der Waals surface area contributed by atoms with E-state index in [1.54, 1.807) is 0 Å². The monoisotopic (exact) mass is 1040 g/mol. The number of aliphatic hydroxyl groups is 7. The Labute approximate surface area is 441 Å². The van der Waals surface area contributed by atoms with Gasteiger partial charge in [-0.25, -0.2) is 0 Å². The molecule has 14 heteroatoms. The van der Waals surface area contributed by atoms with E-state index in [-0.39, 0.29) is 25.6 Å². The predicted octanol–water partition coefficient (Wildman–Crippen LogP) is 10.1. The van der Waals surface area contributed by atoms with E-state index in [9.17, 15) is 40.5 Å². The molecule has 0 aromatic carbocycles. The fraction of sp³-hybridized carbons (Fsp3) is 0.814. The van der Waals surface area contributed by atoms with E-state index in [0.29, 0.717) is 13.0 Å². The van der Waals surface area contributed by atoms with Crippen LogP contribution in [0, 0.1) is 0 Å². The Kier molecular flexibility index (Phi) is 42.0. The normalized spacial score (nSPS) is 25.4. The Bertz CT molecular complexity index is 1440. The molecule has 2 rings (SSSR count). The molecule has 0 spiro atoms. The smallest absolute Gasteiger partial charge is 0.306 e. The molecule has 7 N–H and O–H groups in total. The first-order chi connectivity index (χ1) is 35.6. The molecule has 11 unspecified atom stereocenters. The third kappa shape index (κ3) is 32.8. The van der Waals surface area contributed by atoms with E-state index in [1.165, 1.54) is 109 Å². The van der Waals surface area contributed by atoms with Crippen molar-refractivity contribution in [3.63, 3.8) is 0 Å². The summed E-state index contributed by atoms with van der Waals surface area (Å²) in [4.78, 5) is 13.1. The average molecular weight is 1040 g/mol. The number of ether oxygens (including phenoxy) is 6. The van der Waals surface area contributed by atoms with Crippen molar-refractivity contribution in [1.29, 1.82) is 0 Å². The molecule has 2 heterocycles. The summed E-state index contributed by atoms with van der Waals surface area (Å²) < 4.78 is 34.4.